The molecule has 3 heterocycles. The molecule has 2 aromatic heterocycles. The minimum atomic E-state index is -0.0769. The number of rotatable bonds is 4. The number of benzene rings is 2. The Bertz CT molecular complexity index is 1230. The maximum absolute atomic E-state index is 12.8. The highest BCUT2D eigenvalue weighted by molar-refractivity contribution is 5.62. The molecule has 0 bridgehead atoms. The van der Waals surface area contributed by atoms with E-state index in [2.05, 4.69) is 32.2 Å². The first kappa shape index (κ1) is 18.3. The molecule has 7 nitrogen and oxygen atoms in total. The summed E-state index contributed by atoms with van der Waals surface area (Å²) in [5, 5.41) is 7.34. The first-order valence-corrected chi connectivity index (χ1v) is 9.95. The van der Waals surface area contributed by atoms with Gasteiger partial charge in [0.05, 0.1) is 23.1 Å². The van der Waals surface area contributed by atoms with Crippen LogP contribution >= 0.6 is 0 Å². The van der Waals surface area contributed by atoms with Gasteiger partial charge in [-0.25, -0.2) is 4.98 Å². The van der Waals surface area contributed by atoms with Gasteiger partial charge < -0.3 is 10.7 Å². The van der Waals surface area contributed by atoms with E-state index >= 15 is 0 Å². The number of hydrogen-bond acceptors (Lipinski definition) is 5. The number of aromatic amines is 2. The Hall–Kier alpha value is -3.71. The van der Waals surface area contributed by atoms with E-state index < -0.39 is 0 Å². The summed E-state index contributed by atoms with van der Waals surface area (Å²) < 4.78 is 0. The normalized spacial score (nSPS) is 13.9. The number of aromatic nitrogens is 4. The van der Waals surface area contributed by atoms with Crippen LogP contribution in [0.3, 0.4) is 0 Å². The van der Waals surface area contributed by atoms with Crippen LogP contribution in [0.2, 0.25) is 0 Å². The van der Waals surface area contributed by atoms with E-state index in [-0.39, 0.29) is 5.56 Å². The molecule has 5 rings (SSSR count). The van der Waals surface area contributed by atoms with Gasteiger partial charge in [-0.05, 0) is 29.8 Å². The summed E-state index contributed by atoms with van der Waals surface area (Å²) in [6.07, 6.45) is 2.60. The van der Waals surface area contributed by atoms with Crippen molar-refractivity contribution in [2.45, 2.75) is 19.5 Å². The number of nitrogen functional groups attached to an aromatic ring is 1. The molecule has 0 radical (unpaired) electrons. The predicted octanol–water partition coefficient (Wildman–Crippen LogP) is 2.97. The van der Waals surface area contributed by atoms with Gasteiger partial charge in [-0.1, -0.05) is 30.3 Å². The number of anilines is 1. The standard InChI is InChI=1S/C23H22N6O/c24-18-8-6-16(7-9-18)22-26-20-10-11-29(14-19(20)23(30)27-22)13-17-12-25-28-21(17)15-4-2-1-3-5-15/h1-9,12H,10-11,13-14,24H2,(H,25,28)(H,26,27,30). The van der Waals surface area contributed by atoms with Crippen molar-refractivity contribution in [1.82, 2.24) is 25.1 Å². The van der Waals surface area contributed by atoms with E-state index in [1.165, 1.54) is 0 Å². The lowest BCUT2D eigenvalue weighted by Gasteiger charge is -2.27. The van der Waals surface area contributed by atoms with E-state index in [9.17, 15) is 4.79 Å². The molecule has 0 amide bonds. The maximum Gasteiger partial charge on any atom is 0.255 e. The second kappa shape index (κ2) is 7.61. The Morgan fingerprint density at radius 2 is 1.83 bits per heavy atom. The quantitative estimate of drug-likeness (QED) is 0.459. The fourth-order valence-electron chi connectivity index (χ4n) is 3.92. The van der Waals surface area contributed by atoms with Crippen LogP contribution in [0.25, 0.3) is 22.6 Å². The van der Waals surface area contributed by atoms with Crippen LogP contribution in [0.4, 0.5) is 5.69 Å². The van der Waals surface area contributed by atoms with Gasteiger partial charge >= 0.3 is 0 Å². The number of H-pyrrole nitrogens is 2. The first-order chi connectivity index (χ1) is 14.7. The van der Waals surface area contributed by atoms with E-state index in [4.69, 9.17) is 10.7 Å². The summed E-state index contributed by atoms with van der Waals surface area (Å²) in [6.45, 7) is 2.13. The van der Waals surface area contributed by atoms with Crippen molar-refractivity contribution in [1.29, 1.82) is 0 Å². The molecule has 0 aliphatic carbocycles. The molecule has 0 saturated carbocycles. The number of hydrogen-bond donors (Lipinski definition) is 3. The zero-order valence-electron chi connectivity index (χ0n) is 16.4. The Kier molecular flexibility index (Phi) is 4.65. The Labute approximate surface area is 173 Å². The highest BCUT2D eigenvalue weighted by atomic mass is 16.1. The molecule has 1 aliphatic rings. The lowest BCUT2D eigenvalue weighted by Crippen LogP contribution is -2.35. The third-order valence-electron chi connectivity index (χ3n) is 5.51. The molecule has 0 spiro atoms. The van der Waals surface area contributed by atoms with E-state index in [0.717, 1.165) is 53.2 Å². The zero-order valence-corrected chi connectivity index (χ0v) is 16.4. The van der Waals surface area contributed by atoms with E-state index in [1.54, 1.807) is 0 Å². The third kappa shape index (κ3) is 3.51. The summed E-state index contributed by atoms with van der Waals surface area (Å²) in [6, 6.07) is 17.5. The molecule has 0 fully saturated rings. The minimum absolute atomic E-state index is 0.0769. The fourth-order valence-corrected chi connectivity index (χ4v) is 3.92. The molecule has 30 heavy (non-hydrogen) atoms. The van der Waals surface area contributed by atoms with Crippen molar-refractivity contribution in [3.8, 4) is 22.6 Å². The highest BCUT2D eigenvalue weighted by Crippen LogP contribution is 2.25. The Morgan fingerprint density at radius 3 is 2.63 bits per heavy atom. The fraction of sp³-hybridized carbons (Fsp3) is 0.174. The maximum atomic E-state index is 12.8. The van der Waals surface area contributed by atoms with Crippen LogP contribution in [0.15, 0.2) is 65.6 Å². The summed E-state index contributed by atoms with van der Waals surface area (Å²) >= 11 is 0. The summed E-state index contributed by atoms with van der Waals surface area (Å²) in [5.74, 6) is 0.591. The lowest BCUT2D eigenvalue weighted by atomic mass is 10.0. The molecular weight excluding hydrogens is 376 g/mol. The lowest BCUT2D eigenvalue weighted by molar-refractivity contribution is 0.242. The van der Waals surface area contributed by atoms with Crippen LogP contribution < -0.4 is 11.3 Å². The second-order valence-electron chi connectivity index (χ2n) is 7.56. The van der Waals surface area contributed by atoms with Gasteiger partial charge in [0.2, 0.25) is 0 Å². The minimum Gasteiger partial charge on any atom is -0.399 e. The predicted molar refractivity (Wildman–Crippen MR) is 117 cm³/mol. The van der Waals surface area contributed by atoms with E-state index in [1.807, 2.05) is 48.7 Å². The molecule has 1 aliphatic heterocycles. The van der Waals surface area contributed by atoms with Gasteiger partial charge in [0.1, 0.15) is 5.82 Å². The van der Waals surface area contributed by atoms with Gasteiger partial charge in [-0.15, -0.1) is 0 Å². The van der Waals surface area contributed by atoms with Crippen molar-refractivity contribution < 1.29 is 0 Å². The monoisotopic (exact) mass is 398 g/mol. The smallest absolute Gasteiger partial charge is 0.255 e. The summed E-state index contributed by atoms with van der Waals surface area (Å²) in [4.78, 5) is 22.7. The van der Waals surface area contributed by atoms with Gasteiger partial charge in [-0.3, -0.25) is 14.8 Å². The molecule has 0 atom stereocenters. The molecule has 2 aromatic carbocycles. The Balaban J connectivity index is 1.38. The molecule has 4 N–H and O–H groups in total. The van der Waals surface area contributed by atoms with Crippen LogP contribution in [-0.4, -0.2) is 31.6 Å². The first-order valence-electron chi connectivity index (χ1n) is 9.95. The second-order valence-corrected chi connectivity index (χ2v) is 7.56. The third-order valence-corrected chi connectivity index (χ3v) is 5.51. The van der Waals surface area contributed by atoms with Crippen LogP contribution in [0.1, 0.15) is 16.8 Å². The van der Waals surface area contributed by atoms with Crippen LogP contribution in [0.5, 0.6) is 0 Å². The van der Waals surface area contributed by atoms with Crippen molar-refractivity contribution in [3.63, 3.8) is 0 Å². The molecule has 0 unspecified atom stereocenters. The van der Waals surface area contributed by atoms with E-state index in [0.29, 0.717) is 18.1 Å². The number of nitrogens with one attached hydrogen (secondary N) is 2. The van der Waals surface area contributed by atoms with Crippen LogP contribution in [-0.2, 0) is 19.5 Å². The van der Waals surface area contributed by atoms with Crippen molar-refractivity contribution in [3.05, 3.63) is 88.0 Å². The van der Waals surface area contributed by atoms with Crippen LogP contribution in [0, 0.1) is 0 Å². The molecular formula is C23H22N6O. The van der Waals surface area contributed by atoms with Gasteiger partial charge in [-0.2, -0.15) is 5.10 Å². The number of nitrogens with zero attached hydrogens (tertiary/aromatic N) is 3. The molecule has 4 aromatic rings. The largest absolute Gasteiger partial charge is 0.399 e. The van der Waals surface area contributed by atoms with Crippen molar-refractivity contribution in [2.24, 2.45) is 0 Å². The number of nitrogens with two attached hydrogens (primary N) is 1. The highest BCUT2D eigenvalue weighted by Gasteiger charge is 2.23. The summed E-state index contributed by atoms with van der Waals surface area (Å²) in [5.41, 5.74) is 12.1. The molecule has 0 saturated heterocycles. The zero-order chi connectivity index (χ0) is 20.5. The average molecular weight is 398 g/mol. The summed E-state index contributed by atoms with van der Waals surface area (Å²) in [7, 11) is 0. The van der Waals surface area contributed by atoms with Gasteiger partial charge in [0, 0.05) is 42.9 Å². The number of fused-ring (bicyclic) bond motifs is 1. The average Bonchev–Trinajstić information content (AvgIpc) is 3.23. The van der Waals surface area contributed by atoms with Crippen molar-refractivity contribution >= 4 is 5.69 Å². The molecule has 150 valence electrons. The topological polar surface area (TPSA) is 104 Å². The Morgan fingerprint density at radius 1 is 1.03 bits per heavy atom. The van der Waals surface area contributed by atoms with Gasteiger partial charge in [0.25, 0.3) is 5.56 Å². The van der Waals surface area contributed by atoms with Gasteiger partial charge in [0.15, 0.2) is 0 Å². The molecule has 7 heteroatoms. The SMILES string of the molecule is Nc1ccc(-c2nc3c(c(=O)[nH]2)CN(Cc2cn[nH]c2-c2ccccc2)CC3)cc1. The van der Waals surface area contributed by atoms with Crippen molar-refractivity contribution in [2.75, 3.05) is 12.3 Å².